The van der Waals surface area contributed by atoms with Crippen LogP contribution >= 0.6 is 22.7 Å². The number of rotatable bonds is 8. The summed E-state index contributed by atoms with van der Waals surface area (Å²) < 4.78 is 2.58. The Hall–Kier alpha value is -2.96. The van der Waals surface area contributed by atoms with Crippen molar-refractivity contribution in [2.24, 2.45) is 10.8 Å². The predicted molar refractivity (Wildman–Crippen MR) is 209 cm³/mol. The van der Waals surface area contributed by atoms with Gasteiger partial charge >= 0.3 is 0 Å². The number of benzene rings is 3. The van der Waals surface area contributed by atoms with Gasteiger partial charge in [-0.05, 0) is 61.1 Å². The Labute approximate surface area is 313 Å². The number of ketones is 1. The zero-order chi connectivity index (χ0) is 35.0. The van der Waals surface area contributed by atoms with Crippen LogP contribution in [-0.4, -0.2) is 20.9 Å². The first-order valence-corrected chi connectivity index (χ1v) is 18.9. The molecule has 3 aromatic carbocycles. The number of allylic oxidation sites excluding steroid dienone is 2. The van der Waals surface area contributed by atoms with Crippen LogP contribution in [-0.2, 0) is 30.3 Å². The smallest absolute Gasteiger partial charge is 0.164 e. The van der Waals surface area contributed by atoms with Crippen LogP contribution in [0.2, 0.25) is 0 Å². The Balaban J connectivity index is 0.000000260. The summed E-state index contributed by atoms with van der Waals surface area (Å²) in [7, 11) is 0. The summed E-state index contributed by atoms with van der Waals surface area (Å²) in [5.41, 5.74) is 4.07. The molecular weight excluding hydrogens is 821 g/mol. The van der Waals surface area contributed by atoms with Crippen molar-refractivity contribution >= 4 is 69.6 Å². The van der Waals surface area contributed by atoms with Crippen LogP contribution in [0.4, 0.5) is 0 Å². The van der Waals surface area contributed by atoms with Crippen LogP contribution in [0.15, 0.2) is 66.0 Å². The molecule has 0 aliphatic carbocycles. The van der Waals surface area contributed by atoms with Crippen molar-refractivity contribution in [3.8, 4) is 11.3 Å². The van der Waals surface area contributed by atoms with E-state index in [9.17, 15) is 9.90 Å². The molecule has 1 radical (unpaired) electrons. The van der Waals surface area contributed by atoms with Gasteiger partial charge in [-0.25, -0.2) is 4.98 Å². The molecule has 4 nitrogen and oxygen atoms in total. The van der Waals surface area contributed by atoms with Crippen molar-refractivity contribution in [3.05, 3.63) is 83.2 Å². The summed E-state index contributed by atoms with van der Waals surface area (Å²) in [4.78, 5) is 22.7. The molecule has 0 saturated carbocycles. The van der Waals surface area contributed by atoms with E-state index in [1.54, 1.807) is 29.0 Å². The van der Waals surface area contributed by atoms with E-state index >= 15 is 0 Å². The van der Waals surface area contributed by atoms with Gasteiger partial charge in [0, 0.05) is 68.3 Å². The topological polar surface area (TPSA) is 63.1 Å². The van der Waals surface area contributed by atoms with Gasteiger partial charge in [-0.3, -0.25) is 9.78 Å². The second-order valence-electron chi connectivity index (χ2n) is 14.6. The number of nitrogens with zero attached hydrogens (tertiary/aromatic N) is 2. The van der Waals surface area contributed by atoms with Gasteiger partial charge in [0.15, 0.2) is 5.78 Å². The first-order valence-electron chi connectivity index (χ1n) is 17.2. The maximum atomic E-state index is 12.2. The van der Waals surface area contributed by atoms with Crippen molar-refractivity contribution in [1.82, 2.24) is 9.97 Å². The summed E-state index contributed by atoms with van der Waals surface area (Å²) in [6.07, 6.45) is 6.45. The molecule has 0 unspecified atom stereocenters. The second-order valence-corrected chi connectivity index (χ2v) is 16.5. The molecule has 0 saturated heterocycles. The average Bonchev–Trinajstić information content (AvgIpc) is 3.66. The van der Waals surface area contributed by atoms with Gasteiger partial charge in [-0.1, -0.05) is 91.5 Å². The molecule has 0 atom stereocenters. The number of aromatic nitrogens is 2. The number of hydrogen-bond donors (Lipinski definition) is 1. The van der Waals surface area contributed by atoms with Gasteiger partial charge in [-0.15, -0.1) is 51.8 Å². The molecule has 3 heterocycles. The van der Waals surface area contributed by atoms with Crippen LogP contribution in [0.1, 0.15) is 99.1 Å². The number of fused-ring (bicyclic) bond motifs is 6. The largest absolute Gasteiger partial charge is 0.512 e. The maximum Gasteiger partial charge on any atom is 0.164 e. The molecule has 0 fully saturated rings. The fraction of sp³-hybridized carbons (Fsp3) is 0.405. The quantitative estimate of drug-likeness (QED) is 0.0940. The Bertz CT molecular complexity index is 2140. The van der Waals surface area contributed by atoms with Crippen LogP contribution in [0.3, 0.4) is 0 Å². The normalized spacial score (nSPS) is 12.7. The number of carbonyl (C=O) groups excluding carboxylic acids is 1. The minimum absolute atomic E-state index is 0. The van der Waals surface area contributed by atoms with Gasteiger partial charge in [0.25, 0.3) is 0 Å². The first kappa shape index (κ1) is 38.8. The van der Waals surface area contributed by atoms with Gasteiger partial charge in [0.2, 0.25) is 0 Å². The minimum Gasteiger partial charge on any atom is -0.512 e. The van der Waals surface area contributed by atoms with E-state index in [0.717, 1.165) is 52.5 Å². The number of aliphatic hydroxyl groups is 1. The Kier molecular flexibility index (Phi) is 12.0. The number of aryl methyl sites for hydroxylation is 1. The number of hydrogen-bond acceptors (Lipinski definition) is 6. The fourth-order valence-corrected chi connectivity index (χ4v) is 8.24. The Morgan fingerprint density at radius 2 is 1.49 bits per heavy atom. The van der Waals surface area contributed by atoms with Gasteiger partial charge in [0.05, 0.1) is 0 Å². The van der Waals surface area contributed by atoms with E-state index in [2.05, 4.69) is 86.6 Å². The van der Waals surface area contributed by atoms with Crippen LogP contribution < -0.4 is 0 Å². The SMILES string of the molecule is CCC(C)(CC)C(=O)/C=C(\O)C(C)(CC)CC.Cc1csc2ccc3sc4ncnc(-c5[c-]c6ccccc6c(C(C)(C)C)c5)c4c3c12.[Ir]. The maximum absolute atomic E-state index is 12.2. The third-order valence-corrected chi connectivity index (χ3v) is 12.7. The van der Waals surface area contributed by atoms with E-state index in [4.69, 9.17) is 4.98 Å². The Morgan fingerprint density at radius 3 is 2.12 bits per heavy atom. The first-order chi connectivity index (χ1) is 22.7. The van der Waals surface area contributed by atoms with Crippen molar-refractivity contribution in [3.63, 3.8) is 0 Å². The summed E-state index contributed by atoms with van der Waals surface area (Å²) in [6.45, 7) is 21.1. The molecule has 0 aliphatic heterocycles. The molecule has 3 aromatic heterocycles. The molecule has 261 valence electrons. The molecule has 0 amide bonds. The monoisotopic (exact) mass is 870 g/mol. The zero-order valence-electron chi connectivity index (χ0n) is 30.5. The zero-order valence-corrected chi connectivity index (χ0v) is 34.5. The third kappa shape index (κ3) is 7.42. The second kappa shape index (κ2) is 15.1. The molecule has 7 heteroatoms. The van der Waals surface area contributed by atoms with E-state index < -0.39 is 0 Å². The molecule has 49 heavy (non-hydrogen) atoms. The molecule has 1 N–H and O–H groups in total. The van der Waals surface area contributed by atoms with Crippen LogP contribution in [0, 0.1) is 23.8 Å². The van der Waals surface area contributed by atoms with E-state index in [1.165, 1.54) is 42.8 Å². The molecule has 6 aromatic rings. The van der Waals surface area contributed by atoms with E-state index in [0.29, 0.717) is 0 Å². The number of carbonyl (C=O) groups is 1. The molecular formula is C42H49IrN2O2S2-. The summed E-state index contributed by atoms with van der Waals surface area (Å²) in [5, 5.41) is 18.5. The molecule has 6 rings (SSSR count). The third-order valence-electron chi connectivity index (χ3n) is 10.6. The summed E-state index contributed by atoms with van der Waals surface area (Å²) >= 11 is 3.56. The van der Waals surface area contributed by atoms with Crippen molar-refractivity contribution in [1.29, 1.82) is 0 Å². The molecule has 0 spiro atoms. The van der Waals surface area contributed by atoms with E-state index in [1.807, 2.05) is 41.5 Å². The minimum atomic E-state index is -0.337. The van der Waals surface area contributed by atoms with Gasteiger partial charge in [0.1, 0.15) is 16.9 Å². The van der Waals surface area contributed by atoms with E-state index in [-0.39, 0.29) is 47.9 Å². The standard InChI is InChI=1S/C27H21N2S2.C15H28O2.Ir/c1-15-13-30-20-9-10-21-23(22(15)20)24-25(28-14-29-26(24)31-21)17-11-16-7-5-6-8-18(16)19(12-17)27(2,3)4;1-7-14(5,8-2)12(16)11-13(17)15(6,9-3)10-4;/h5-10,12-14H,1-4H3;11,16H,7-10H2,1-6H3;/q-1;;/b;12-11-;. The van der Waals surface area contributed by atoms with Crippen molar-refractivity contribution < 1.29 is 30.0 Å². The van der Waals surface area contributed by atoms with Crippen molar-refractivity contribution in [2.45, 2.75) is 100 Å². The summed E-state index contributed by atoms with van der Waals surface area (Å²) in [6, 6.07) is 19.0. The number of thiophene rings is 2. The average molecular weight is 870 g/mol. The Morgan fingerprint density at radius 1 is 0.857 bits per heavy atom. The molecule has 0 aliphatic rings. The van der Waals surface area contributed by atoms with Crippen molar-refractivity contribution in [2.75, 3.05) is 0 Å². The van der Waals surface area contributed by atoms with Crippen LogP contribution in [0.5, 0.6) is 0 Å². The predicted octanol–water partition coefficient (Wildman–Crippen LogP) is 12.9. The number of aliphatic hydroxyl groups excluding tert-OH is 1. The van der Waals surface area contributed by atoms with Gasteiger partial charge < -0.3 is 5.11 Å². The van der Waals surface area contributed by atoms with Gasteiger partial charge in [-0.2, -0.15) is 0 Å². The fourth-order valence-electron chi connectivity index (χ4n) is 6.24. The summed E-state index contributed by atoms with van der Waals surface area (Å²) in [5.74, 6) is 0.286. The van der Waals surface area contributed by atoms with Crippen LogP contribution in [0.25, 0.3) is 52.4 Å². The molecule has 0 bridgehead atoms.